The van der Waals surface area contributed by atoms with Crippen molar-refractivity contribution in [2.45, 2.75) is 19.9 Å². The standard InChI is InChI=1S/C9H12N2O2/c1-7(2)10-8-5-3-4-6-9(8)13-11-12/h3-7,10H,1-2H3. The molecule has 0 atom stereocenters. The van der Waals surface area contributed by atoms with Crippen LogP contribution in [0.25, 0.3) is 0 Å². The summed E-state index contributed by atoms with van der Waals surface area (Å²) in [6, 6.07) is 7.46. The van der Waals surface area contributed by atoms with E-state index in [-0.39, 0.29) is 6.04 Å². The Labute approximate surface area is 76.8 Å². The Kier molecular flexibility index (Phi) is 3.25. The summed E-state index contributed by atoms with van der Waals surface area (Å²) in [6.07, 6.45) is 0. The van der Waals surface area contributed by atoms with Crippen molar-refractivity contribution in [2.24, 2.45) is 5.34 Å². The Morgan fingerprint density at radius 3 is 2.69 bits per heavy atom. The number of hydrogen-bond donors (Lipinski definition) is 1. The normalized spacial score (nSPS) is 9.77. The Hall–Kier alpha value is -1.58. The summed E-state index contributed by atoms with van der Waals surface area (Å²) in [5, 5.41) is 5.52. The zero-order valence-corrected chi connectivity index (χ0v) is 7.65. The van der Waals surface area contributed by atoms with Gasteiger partial charge in [-0.25, -0.2) is 0 Å². The van der Waals surface area contributed by atoms with E-state index in [1.54, 1.807) is 12.1 Å². The topological polar surface area (TPSA) is 50.7 Å². The average Bonchev–Trinajstić information content (AvgIpc) is 2.08. The van der Waals surface area contributed by atoms with Crippen LogP contribution in [-0.2, 0) is 0 Å². The predicted molar refractivity (Wildman–Crippen MR) is 51.6 cm³/mol. The summed E-state index contributed by atoms with van der Waals surface area (Å²) in [5.41, 5.74) is 0.775. The minimum atomic E-state index is 0.288. The van der Waals surface area contributed by atoms with Gasteiger partial charge in [0, 0.05) is 6.04 Å². The summed E-state index contributed by atoms with van der Waals surface area (Å²) in [6.45, 7) is 4.01. The molecule has 0 saturated carbocycles. The van der Waals surface area contributed by atoms with Crippen molar-refractivity contribution >= 4 is 5.69 Å². The van der Waals surface area contributed by atoms with Crippen LogP contribution in [0.1, 0.15) is 13.8 Å². The van der Waals surface area contributed by atoms with Crippen LogP contribution in [0.15, 0.2) is 29.6 Å². The maximum atomic E-state index is 9.91. The zero-order chi connectivity index (χ0) is 9.68. The van der Waals surface area contributed by atoms with Crippen LogP contribution in [0.3, 0.4) is 0 Å². The van der Waals surface area contributed by atoms with Crippen LogP contribution in [0.4, 0.5) is 5.69 Å². The van der Waals surface area contributed by atoms with Crippen LogP contribution >= 0.6 is 0 Å². The van der Waals surface area contributed by atoms with Gasteiger partial charge in [-0.15, -0.1) is 4.91 Å². The van der Waals surface area contributed by atoms with E-state index in [1.807, 2.05) is 26.0 Å². The van der Waals surface area contributed by atoms with Gasteiger partial charge in [0.1, 0.15) is 0 Å². The van der Waals surface area contributed by atoms with Gasteiger partial charge in [-0.05, 0) is 26.0 Å². The lowest BCUT2D eigenvalue weighted by atomic mass is 10.2. The van der Waals surface area contributed by atoms with Crippen LogP contribution in [0.2, 0.25) is 0 Å². The largest absolute Gasteiger partial charge is 0.380 e. The quantitative estimate of drug-likeness (QED) is 0.572. The summed E-state index contributed by atoms with van der Waals surface area (Å²) >= 11 is 0. The van der Waals surface area contributed by atoms with Crippen molar-refractivity contribution in [3.05, 3.63) is 29.2 Å². The van der Waals surface area contributed by atoms with Crippen LogP contribution < -0.4 is 10.2 Å². The van der Waals surface area contributed by atoms with Crippen molar-refractivity contribution in [3.8, 4) is 5.75 Å². The molecule has 4 nitrogen and oxygen atoms in total. The first-order chi connectivity index (χ1) is 6.24. The fourth-order valence-corrected chi connectivity index (χ4v) is 1.02. The highest BCUT2D eigenvalue weighted by Crippen LogP contribution is 2.24. The highest BCUT2D eigenvalue weighted by molar-refractivity contribution is 5.56. The van der Waals surface area contributed by atoms with Gasteiger partial charge in [0.25, 0.3) is 0 Å². The lowest BCUT2D eigenvalue weighted by Gasteiger charge is -2.11. The summed E-state index contributed by atoms with van der Waals surface area (Å²) in [4.78, 5) is 14.5. The molecule has 0 fully saturated rings. The van der Waals surface area contributed by atoms with Gasteiger partial charge >= 0.3 is 0 Å². The molecule has 13 heavy (non-hydrogen) atoms. The molecular weight excluding hydrogens is 168 g/mol. The van der Waals surface area contributed by atoms with Gasteiger partial charge in [0.15, 0.2) is 11.1 Å². The van der Waals surface area contributed by atoms with E-state index >= 15 is 0 Å². The third kappa shape index (κ3) is 2.74. The molecule has 0 radical (unpaired) electrons. The molecular formula is C9H12N2O2. The van der Waals surface area contributed by atoms with Gasteiger partial charge < -0.3 is 10.2 Å². The third-order valence-electron chi connectivity index (χ3n) is 1.47. The maximum absolute atomic E-state index is 9.91. The molecule has 0 unspecified atom stereocenters. The van der Waals surface area contributed by atoms with Gasteiger partial charge in [-0.3, -0.25) is 0 Å². The number of anilines is 1. The van der Waals surface area contributed by atoms with E-state index in [9.17, 15) is 4.91 Å². The van der Waals surface area contributed by atoms with Crippen molar-refractivity contribution in [1.82, 2.24) is 0 Å². The molecule has 1 aromatic rings. The van der Waals surface area contributed by atoms with E-state index in [1.165, 1.54) is 0 Å². The van der Waals surface area contributed by atoms with E-state index in [0.717, 1.165) is 5.69 Å². The molecule has 0 aliphatic rings. The average molecular weight is 180 g/mol. The van der Waals surface area contributed by atoms with E-state index in [0.29, 0.717) is 5.75 Å². The SMILES string of the molecule is CC(C)Nc1ccccc1ON=O. The first kappa shape index (κ1) is 9.51. The Morgan fingerprint density at radius 1 is 1.38 bits per heavy atom. The van der Waals surface area contributed by atoms with Crippen molar-refractivity contribution in [2.75, 3.05) is 5.32 Å². The molecule has 0 aliphatic heterocycles. The minimum absolute atomic E-state index is 0.288. The molecule has 70 valence electrons. The molecule has 1 rings (SSSR count). The number of benzene rings is 1. The van der Waals surface area contributed by atoms with Crippen molar-refractivity contribution < 1.29 is 4.84 Å². The van der Waals surface area contributed by atoms with Crippen LogP contribution in [0, 0.1) is 4.91 Å². The highest BCUT2D eigenvalue weighted by atomic mass is 16.7. The molecule has 0 saturated heterocycles. The minimum Gasteiger partial charge on any atom is -0.380 e. The monoisotopic (exact) mass is 180 g/mol. The van der Waals surface area contributed by atoms with Crippen LogP contribution in [-0.4, -0.2) is 6.04 Å². The third-order valence-corrected chi connectivity index (χ3v) is 1.47. The van der Waals surface area contributed by atoms with E-state index in [2.05, 4.69) is 15.5 Å². The number of rotatable bonds is 4. The second-order valence-corrected chi connectivity index (χ2v) is 2.96. The summed E-state index contributed by atoms with van der Waals surface area (Å²) in [7, 11) is 0. The summed E-state index contributed by atoms with van der Waals surface area (Å²) in [5.74, 6) is 0.450. The molecule has 0 aliphatic carbocycles. The van der Waals surface area contributed by atoms with Crippen molar-refractivity contribution in [3.63, 3.8) is 0 Å². The molecule has 0 heterocycles. The number of para-hydroxylation sites is 2. The van der Waals surface area contributed by atoms with Crippen molar-refractivity contribution in [1.29, 1.82) is 0 Å². The number of nitrogens with zero attached hydrogens (tertiary/aromatic N) is 1. The van der Waals surface area contributed by atoms with E-state index in [4.69, 9.17) is 0 Å². The molecule has 0 spiro atoms. The number of hydrogen-bond acceptors (Lipinski definition) is 4. The molecule has 0 aromatic heterocycles. The number of nitrogens with one attached hydrogen (secondary N) is 1. The lowest BCUT2D eigenvalue weighted by Crippen LogP contribution is -2.10. The Morgan fingerprint density at radius 2 is 2.08 bits per heavy atom. The Bertz CT molecular complexity index is 287. The van der Waals surface area contributed by atoms with E-state index < -0.39 is 0 Å². The van der Waals surface area contributed by atoms with Gasteiger partial charge in [-0.1, -0.05) is 12.1 Å². The fourth-order valence-electron chi connectivity index (χ4n) is 1.02. The second kappa shape index (κ2) is 4.45. The first-order valence-electron chi connectivity index (χ1n) is 4.09. The second-order valence-electron chi connectivity index (χ2n) is 2.96. The smallest absolute Gasteiger partial charge is 0.184 e. The molecule has 0 bridgehead atoms. The molecule has 1 aromatic carbocycles. The Balaban J connectivity index is 2.83. The molecule has 0 amide bonds. The summed E-state index contributed by atoms with van der Waals surface area (Å²) < 4.78 is 0. The zero-order valence-electron chi connectivity index (χ0n) is 7.65. The van der Waals surface area contributed by atoms with Gasteiger partial charge in [0.05, 0.1) is 5.69 Å². The maximum Gasteiger partial charge on any atom is 0.184 e. The highest BCUT2D eigenvalue weighted by Gasteiger charge is 2.03. The molecule has 4 heteroatoms. The predicted octanol–water partition coefficient (Wildman–Crippen LogP) is 2.57. The fraction of sp³-hybridized carbons (Fsp3) is 0.333. The van der Waals surface area contributed by atoms with Gasteiger partial charge in [-0.2, -0.15) is 0 Å². The lowest BCUT2D eigenvalue weighted by molar-refractivity contribution is 0.336. The molecule has 1 N–H and O–H groups in total. The first-order valence-corrected chi connectivity index (χ1v) is 4.09. The van der Waals surface area contributed by atoms with Crippen LogP contribution in [0.5, 0.6) is 5.75 Å². The van der Waals surface area contributed by atoms with Gasteiger partial charge in [0.2, 0.25) is 0 Å².